The third-order valence-corrected chi connectivity index (χ3v) is 7.85. The summed E-state index contributed by atoms with van der Waals surface area (Å²) in [4.78, 5) is 36.3. The lowest BCUT2D eigenvalue weighted by Crippen LogP contribution is -2.36. The second kappa shape index (κ2) is 7.43. The number of carbonyl (C=O) groups is 1. The first-order valence-corrected chi connectivity index (χ1v) is 11.8. The molecule has 0 saturated heterocycles. The van der Waals surface area contributed by atoms with Crippen molar-refractivity contribution in [2.45, 2.75) is 70.2 Å². The van der Waals surface area contributed by atoms with E-state index < -0.39 is 0 Å². The van der Waals surface area contributed by atoms with E-state index in [0.717, 1.165) is 29.0 Å². The van der Waals surface area contributed by atoms with Gasteiger partial charge in [-0.1, -0.05) is 39.5 Å². The van der Waals surface area contributed by atoms with Crippen LogP contribution in [-0.4, -0.2) is 21.0 Å². The Morgan fingerprint density at radius 3 is 2.72 bits per heavy atom. The molecule has 5 nitrogen and oxygen atoms in total. The number of hydrogen-bond donors (Lipinski definition) is 2. The normalized spacial score (nSPS) is 21.4. The summed E-state index contributed by atoms with van der Waals surface area (Å²) >= 11 is 3.22. The van der Waals surface area contributed by atoms with Crippen LogP contribution in [0, 0.1) is 12.3 Å². The van der Waals surface area contributed by atoms with Gasteiger partial charge in [-0.2, -0.15) is 0 Å². The Balaban J connectivity index is 1.89. The van der Waals surface area contributed by atoms with Gasteiger partial charge >= 0.3 is 0 Å². The molecule has 29 heavy (non-hydrogen) atoms. The fraction of sp³-hybridized carbons (Fsp3) is 0.500. The summed E-state index contributed by atoms with van der Waals surface area (Å²) in [6.07, 6.45) is 2.27. The molecule has 4 rings (SSSR count). The Labute approximate surface area is 179 Å². The molecule has 3 heterocycles. The summed E-state index contributed by atoms with van der Waals surface area (Å²) in [5.74, 6) is 0.380. The van der Waals surface area contributed by atoms with Gasteiger partial charge in [0.15, 0.2) is 10.9 Å². The van der Waals surface area contributed by atoms with Crippen LogP contribution in [0.4, 0.5) is 5.82 Å². The number of aromatic amines is 1. The minimum absolute atomic E-state index is 0.105. The zero-order valence-electron chi connectivity index (χ0n) is 17.5. The molecule has 2 aromatic rings. The van der Waals surface area contributed by atoms with Crippen molar-refractivity contribution in [3.05, 3.63) is 49.1 Å². The maximum absolute atomic E-state index is 13.2. The Hall–Kier alpha value is -1.86. The molecule has 7 heteroatoms. The van der Waals surface area contributed by atoms with Crippen LogP contribution >= 0.6 is 23.1 Å². The van der Waals surface area contributed by atoms with Crippen molar-refractivity contribution in [2.75, 3.05) is 5.32 Å². The van der Waals surface area contributed by atoms with E-state index in [1.807, 2.05) is 19.1 Å². The molecule has 0 unspecified atom stereocenters. The largest absolute Gasteiger partial charge is 0.343 e. The molecule has 0 fully saturated rings. The third kappa shape index (κ3) is 3.82. The van der Waals surface area contributed by atoms with Crippen LogP contribution in [0.15, 0.2) is 33.4 Å². The highest BCUT2D eigenvalue weighted by atomic mass is 32.2. The van der Waals surface area contributed by atoms with E-state index in [2.05, 4.69) is 38.0 Å². The lowest BCUT2D eigenvalue weighted by atomic mass is 9.70. The van der Waals surface area contributed by atoms with Crippen molar-refractivity contribution in [2.24, 2.45) is 5.41 Å². The lowest BCUT2D eigenvalue weighted by molar-refractivity contribution is -0.118. The molecular weight excluding hydrogens is 402 g/mol. The minimum atomic E-state index is -0.345. The van der Waals surface area contributed by atoms with Gasteiger partial charge in [0, 0.05) is 32.7 Å². The first-order valence-electron chi connectivity index (χ1n) is 10.1. The molecule has 0 spiro atoms. The molecule has 2 aromatic heterocycles. The van der Waals surface area contributed by atoms with Crippen LogP contribution in [0.5, 0.6) is 0 Å². The van der Waals surface area contributed by atoms with Crippen LogP contribution in [0.2, 0.25) is 0 Å². The Bertz CT molecular complexity index is 1060. The summed E-state index contributed by atoms with van der Waals surface area (Å²) < 4.78 is 0. The molecule has 1 aliphatic heterocycles. The van der Waals surface area contributed by atoms with Crippen LogP contribution in [0.1, 0.15) is 68.2 Å². The maximum atomic E-state index is 13.2. The van der Waals surface area contributed by atoms with E-state index in [0.29, 0.717) is 28.2 Å². The van der Waals surface area contributed by atoms with Gasteiger partial charge in [0.1, 0.15) is 5.82 Å². The van der Waals surface area contributed by atoms with E-state index >= 15 is 0 Å². The number of Topliss-reactive ketones (excluding diaryl/α,β-unsaturated/α-hetero) is 1. The van der Waals surface area contributed by atoms with E-state index in [1.165, 1.54) is 4.88 Å². The number of ketones is 1. The van der Waals surface area contributed by atoms with Crippen molar-refractivity contribution in [1.29, 1.82) is 0 Å². The summed E-state index contributed by atoms with van der Waals surface area (Å²) in [6.45, 7) is 10.5. The summed E-state index contributed by atoms with van der Waals surface area (Å²) in [5.41, 5.74) is 1.97. The third-order valence-electron chi connectivity index (χ3n) is 5.63. The average Bonchev–Trinajstić information content (AvgIpc) is 3.04. The average molecular weight is 430 g/mol. The zero-order chi connectivity index (χ0) is 20.9. The second-order valence-corrected chi connectivity index (χ2v) is 11.6. The first kappa shape index (κ1) is 20.4. The predicted octanol–water partition coefficient (Wildman–Crippen LogP) is 5.23. The van der Waals surface area contributed by atoms with Crippen molar-refractivity contribution in [3.63, 3.8) is 0 Å². The van der Waals surface area contributed by atoms with Crippen molar-refractivity contribution in [3.8, 4) is 0 Å². The van der Waals surface area contributed by atoms with Crippen molar-refractivity contribution < 1.29 is 4.79 Å². The second-order valence-electron chi connectivity index (χ2n) is 8.81. The number of anilines is 1. The maximum Gasteiger partial charge on any atom is 0.257 e. The summed E-state index contributed by atoms with van der Waals surface area (Å²) in [7, 11) is 0. The molecule has 0 saturated carbocycles. The highest BCUT2D eigenvalue weighted by Gasteiger charge is 2.42. The van der Waals surface area contributed by atoms with Gasteiger partial charge in [-0.05, 0) is 37.3 Å². The SMILES string of the molecule is CC[C@H](C)Sc1nc2c(c(=O)[nH]1)[C@@H](c1ccc(C)s1)C1=C(CC(C)(C)CC1=O)N2. The minimum Gasteiger partial charge on any atom is -0.343 e. The van der Waals surface area contributed by atoms with Gasteiger partial charge in [-0.25, -0.2) is 4.98 Å². The number of nitrogens with zero attached hydrogens (tertiary/aromatic N) is 1. The molecule has 0 aromatic carbocycles. The Kier molecular flexibility index (Phi) is 5.23. The fourth-order valence-electron chi connectivity index (χ4n) is 4.12. The molecule has 0 bridgehead atoms. The van der Waals surface area contributed by atoms with Gasteiger partial charge < -0.3 is 10.3 Å². The summed E-state index contributed by atoms with van der Waals surface area (Å²) in [5, 5.41) is 4.37. The predicted molar refractivity (Wildman–Crippen MR) is 120 cm³/mol. The van der Waals surface area contributed by atoms with Crippen molar-refractivity contribution >= 4 is 34.7 Å². The van der Waals surface area contributed by atoms with Gasteiger partial charge in [0.05, 0.1) is 11.5 Å². The number of aryl methyl sites for hydroxylation is 1. The van der Waals surface area contributed by atoms with Crippen LogP contribution < -0.4 is 10.9 Å². The van der Waals surface area contributed by atoms with Gasteiger partial charge in [0.2, 0.25) is 0 Å². The van der Waals surface area contributed by atoms with E-state index in [4.69, 9.17) is 4.98 Å². The monoisotopic (exact) mass is 429 g/mol. The fourth-order valence-corrected chi connectivity index (χ4v) is 5.96. The molecule has 2 atom stereocenters. The Morgan fingerprint density at radius 2 is 2.07 bits per heavy atom. The number of hydrogen-bond acceptors (Lipinski definition) is 6. The smallest absolute Gasteiger partial charge is 0.257 e. The number of aromatic nitrogens is 2. The number of thioether (sulfide) groups is 1. The topological polar surface area (TPSA) is 74.8 Å². The number of fused-ring (bicyclic) bond motifs is 1. The lowest BCUT2D eigenvalue weighted by Gasteiger charge is -2.38. The number of thiophene rings is 1. The number of rotatable bonds is 4. The van der Waals surface area contributed by atoms with E-state index in [1.54, 1.807) is 23.1 Å². The molecule has 1 aliphatic carbocycles. The van der Waals surface area contributed by atoms with Gasteiger partial charge in [-0.3, -0.25) is 9.59 Å². The highest BCUT2D eigenvalue weighted by Crippen LogP contribution is 2.48. The van der Waals surface area contributed by atoms with Crippen LogP contribution in [0.3, 0.4) is 0 Å². The zero-order valence-corrected chi connectivity index (χ0v) is 19.1. The quantitative estimate of drug-likeness (QED) is 0.514. The van der Waals surface area contributed by atoms with Crippen molar-refractivity contribution in [1.82, 2.24) is 9.97 Å². The van der Waals surface area contributed by atoms with E-state index in [-0.39, 0.29) is 22.7 Å². The molecule has 0 amide bonds. The molecule has 2 aliphatic rings. The molecule has 154 valence electrons. The molecular formula is C22H27N3O2S2. The van der Waals surface area contributed by atoms with Crippen LogP contribution in [0.25, 0.3) is 0 Å². The van der Waals surface area contributed by atoms with Crippen LogP contribution in [-0.2, 0) is 4.79 Å². The number of H-pyrrole nitrogens is 1. The Morgan fingerprint density at radius 1 is 1.31 bits per heavy atom. The van der Waals surface area contributed by atoms with E-state index in [9.17, 15) is 9.59 Å². The number of carbonyl (C=O) groups excluding carboxylic acids is 1. The summed E-state index contributed by atoms with van der Waals surface area (Å²) in [6, 6.07) is 4.09. The highest BCUT2D eigenvalue weighted by molar-refractivity contribution is 7.99. The first-order chi connectivity index (χ1) is 13.7. The van der Waals surface area contributed by atoms with Gasteiger partial charge in [0.25, 0.3) is 5.56 Å². The molecule has 2 N–H and O–H groups in total. The van der Waals surface area contributed by atoms with Gasteiger partial charge in [-0.15, -0.1) is 11.3 Å². The molecule has 0 radical (unpaired) electrons. The standard InChI is InChI=1S/C22H27N3O2S2/c1-6-11(2)29-21-24-19-18(20(27)25-21)17(15-8-7-12(3)28-15)16-13(23-19)9-22(4,5)10-14(16)26/h7-8,11,17H,6,9-10H2,1-5H3,(H2,23,24,25,27)/t11-,17-/m0/s1. The number of nitrogens with one attached hydrogen (secondary N) is 2. The number of allylic oxidation sites excluding steroid dienone is 2.